The molecule has 1 fully saturated rings. The van der Waals surface area contributed by atoms with E-state index in [1.54, 1.807) is 24.3 Å². The first kappa shape index (κ1) is 19.0. The van der Waals surface area contributed by atoms with Crippen molar-refractivity contribution in [3.8, 4) is 5.75 Å². The normalized spacial score (nSPS) is 21.9. The molecule has 2 aliphatic rings. The van der Waals surface area contributed by atoms with Crippen molar-refractivity contribution in [1.29, 1.82) is 0 Å². The number of nitrogens with zero attached hydrogens (tertiary/aromatic N) is 1. The third-order valence-corrected chi connectivity index (χ3v) is 7.48. The first-order valence-corrected chi connectivity index (χ1v) is 11.0. The number of sulfonamides is 1. The van der Waals surface area contributed by atoms with Crippen LogP contribution in [0.4, 0.5) is 5.69 Å². The molecule has 2 atom stereocenters. The number of carbonyl (C=O) groups excluding carboxylic acids is 1. The van der Waals surface area contributed by atoms with E-state index in [0.717, 1.165) is 18.4 Å². The molecular formula is C21H24N2O4S. The molecule has 7 heteroatoms. The van der Waals surface area contributed by atoms with Crippen LogP contribution in [0.25, 0.3) is 0 Å². The summed E-state index contributed by atoms with van der Waals surface area (Å²) in [5, 5.41) is 2.82. The molecule has 0 saturated carbocycles. The first-order valence-electron chi connectivity index (χ1n) is 9.59. The van der Waals surface area contributed by atoms with Crippen LogP contribution in [-0.2, 0) is 10.0 Å². The van der Waals surface area contributed by atoms with E-state index in [0.29, 0.717) is 30.1 Å². The number of amides is 1. The van der Waals surface area contributed by atoms with Crippen molar-refractivity contribution in [2.75, 3.05) is 18.4 Å². The minimum Gasteiger partial charge on any atom is -0.489 e. The molecule has 0 radical (unpaired) electrons. The maximum absolute atomic E-state index is 12.9. The highest BCUT2D eigenvalue weighted by Gasteiger charge is 2.31. The molecule has 0 aliphatic carbocycles. The van der Waals surface area contributed by atoms with Crippen LogP contribution in [0.1, 0.15) is 48.5 Å². The summed E-state index contributed by atoms with van der Waals surface area (Å²) in [6, 6.07) is 12.0. The molecule has 0 bridgehead atoms. The van der Waals surface area contributed by atoms with Crippen LogP contribution in [0, 0.1) is 0 Å². The number of para-hydroxylation sites is 1. The van der Waals surface area contributed by atoms with E-state index in [1.165, 1.54) is 10.4 Å². The summed E-state index contributed by atoms with van der Waals surface area (Å²) >= 11 is 0. The van der Waals surface area contributed by atoms with E-state index in [1.807, 2.05) is 19.1 Å². The molecular weight excluding hydrogens is 376 g/mol. The minimum atomic E-state index is -3.53. The Bertz CT molecular complexity index is 1010. The van der Waals surface area contributed by atoms with Gasteiger partial charge >= 0.3 is 0 Å². The second kappa shape index (κ2) is 7.22. The number of hydrogen-bond donors (Lipinski definition) is 1. The van der Waals surface area contributed by atoms with Gasteiger partial charge in [0.15, 0.2) is 0 Å². The third-order valence-electron chi connectivity index (χ3n) is 5.58. The zero-order chi connectivity index (χ0) is 19.9. The third kappa shape index (κ3) is 3.29. The van der Waals surface area contributed by atoms with Crippen molar-refractivity contribution >= 4 is 21.6 Å². The Morgan fingerprint density at radius 1 is 1.11 bits per heavy atom. The van der Waals surface area contributed by atoms with Gasteiger partial charge in [-0.1, -0.05) is 25.1 Å². The van der Waals surface area contributed by atoms with Gasteiger partial charge < -0.3 is 10.1 Å². The molecule has 148 valence electrons. The van der Waals surface area contributed by atoms with Gasteiger partial charge in [-0.3, -0.25) is 4.79 Å². The van der Waals surface area contributed by atoms with Crippen LogP contribution in [0.3, 0.4) is 0 Å². The van der Waals surface area contributed by atoms with Gasteiger partial charge in [-0.25, -0.2) is 8.42 Å². The molecule has 2 aliphatic heterocycles. The number of fused-ring (bicyclic) bond motifs is 1. The van der Waals surface area contributed by atoms with E-state index >= 15 is 0 Å². The number of nitrogens with one attached hydrogen (secondary N) is 1. The van der Waals surface area contributed by atoms with E-state index in [-0.39, 0.29) is 22.8 Å². The summed E-state index contributed by atoms with van der Waals surface area (Å²) in [6.45, 7) is 5.15. The summed E-state index contributed by atoms with van der Waals surface area (Å²) in [5.74, 6) is 0.520. The summed E-state index contributed by atoms with van der Waals surface area (Å²) in [4.78, 5) is 13.1. The lowest BCUT2D eigenvalue weighted by atomic mass is 9.97. The minimum absolute atomic E-state index is 0.0119. The summed E-state index contributed by atoms with van der Waals surface area (Å²) in [5.41, 5.74) is 1.92. The van der Waals surface area contributed by atoms with Gasteiger partial charge in [-0.05, 0) is 44.0 Å². The predicted octanol–water partition coefficient (Wildman–Crippen LogP) is 3.61. The van der Waals surface area contributed by atoms with E-state index in [9.17, 15) is 13.2 Å². The van der Waals surface area contributed by atoms with Gasteiger partial charge in [-0.15, -0.1) is 0 Å². The molecule has 6 nitrogen and oxygen atoms in total. The van der Waals surface area contributed by atoms with Crippen LogP contribution in [0.15, 0.2) is 47.4 Å². The fourth-order valence-corrected chi connectivity index (χ4v) is 5.34. The lowest BCUT2D eigenvalue weighted by Gasteiger charge is -2.16. The standard InChI is InChI=1S/C21H24N2O4S/c1-14-15(2)27-20-18(14)9-6-10-19(20)21(24)22-16-7-5-8-17(13-16)28(25,26)23-11-3-4-12-23/h5-10,13-15H,3-4,11-12H2,1-2H3,(H,22,24)/t14-,15+/m0/s1. The second-order valence-corrected chi connectivity index (χ2v) is 9.37. The summed E-state index contributed by atoms with van der Waals surface area (Å²) < 4.78 is 32.9. The second-order valence-electron chi connectivity index (χ2n) is 7.43. The Morgan fingerprint density at radius 2 is 1.82 bits per heavy atom. The molecule has 2 aromatic rings. The number of anilines is 1. The highest BCUT2D eigenvalue weighted by molar-refractivity contribution is 7.89. The Balaban J connectivity index is 1.59. The van der Waals surface area contributed by atoms with Crippen LogP contribution in [0.5, 0.6) is 5.75 Å². The number of carbonyl (C=O) groups is 1. The fraction of sp³-hybridized carbons (Fsp3) is 0.381. The lowest BCUT2D eigenvalue weighted by Crippen LogP contribution is -2.27. The van der Waals surface area contributed by atoms with Crippen molar-refractivity contribution in [1.82, 2.24) is 4.31 Å². The average Bonchev–Trinajstić information content (AvgIpc) is 3.32. The Kier molecular flexibility index (Phi) is 4.89. The molecule has 1 amide bonds. The highest BCUT2D eigenvalue weighted by atomic mass is 32.2. The van der Waals surface area contributed by atoms with Crippen molar-refractivity contribution in [2.45, 2.75) is 43.6 Å². The molecule has 2 heterocycles. The first-order chi connectivity index (χ1) is 13.4. The van der Waals surface area contributed by atoms with Gasteiger partial charge in [0.25, 0.3) is 5.91 Å². The molecule has 28 heavy (non-hydrogen) atoms. The average molecular weight is 401 g/mol. The van der Waals surface area contributed by atoms with Crippen LogP contribution >= 0.6 is 0 Å². The zero-order valence-corrected chi connectivity index (χ0v) is 16.8. The Morgan fingerprint density at radius 3 is 2.57 bits per heavy atom. The Hall–Kier alpha value is -2.38. The van der Waals surface area contributed by atoms with Crippen LogP contribution in [-0.4, -0.2) is 37.8 Å². The van der Waals surface area contributed by atoms with E-state index < -0.39 is 10.0 Å². The number of rotatable bonds is 4. The maximum atomic E-state index is 12.9. The van der Waals surface area contributed by atoms with Crippen molar-refractivity contribution in [3.05, 3.63) is 53.6 Å². The van der Waals surface area contributed by atoms with E-state index in [4.69, 9.17) is 4.74 Å². The Labute approximate surface area is 165 Å². The lowest BCUT2D eigenvalue weighted by molar-refractivity contribution is 0.102. The molecule has 0 unspecified atom stereocenters. The van der Waals surface area contributed by atoms with Crippen molar-refractivity contribution < 1.29 is 17.9 Å². The fourth-order valence-electron chi connectivity index (χ4n) is 3.77. The predicted molar refractivity (Wildman–Crippen MR) is 107 cm³/mol. The van der Waals surface area contributed by atoms with Crippen molar-refractivity contribution in [2.24, 2.45) is 0 Å². The van der Waals surface area contributed by atoms with E-state index in [2.05, 4.69) is 12.2 Å². The van der Waals surface area contributed by atoms with Crippen LogP contribution in [0.2, 0.25) is 0 Å². The molecule has 4 rings (SSSR count). The molecule has 2 aromatic carbocycles. The van der Waals surface area contributed by atoms with Gasteiger partial charge in [0.2, 0.25) is 10.0 Å². The quantitative estimate of drug-likeness (QED) is 0.851. The van der Waals surface area contributed by atoms with Gasteiger partial charge in [0.05, 0.1) is 10.5 Å². The maximum Gasteiger partial charge on any atom is 0.259 e. The SMILES string of the molecule is C[C@@H]1c2cccc(C(=O)Nc3cccc(S(=O)(=O)N4CCCC4)c3)c2O[C@@H]1C. The van der Waals surface area contributed by atoms with Gasteiger partial charge in [0, 0.05) is 30.3 Å². The smallest absolute Gasteiger partial charge is 0.259 e. The molecule has 0 spiro atoms. The molecule has 1 saturated heterocycles. The monoisotopic (exact) mass is 400 g/mol. The zero-order valence-electron chi connectivity index (χ0n) is 16.0. The molecule has 0 aromatic heterocycles. The summed E-state index contributed by atoms with van der Waals surface area (Å²) in [7, 11) is -3.53. The summed E-state index contributed by atoms with van der Waals surface area (Å²) in [6.07, 6.45) is 1.77. The largest absolute Gasteiger partial charge is 0.489 e. The van der Waals surface area contributed by atoms with Gasteiger partial charge in [0.1, 0.15) is 11.9 Å². The van der Waals surface area contributed by atoms with Crippen molar-refractivity contribution in [3.63, 3.8) is 0 Å². The number of ether oxygens (including phenoxy) is 1. The number of benzene rings is 2. The topological polar surface area (TPSA) is 75.7 Å². The van der Waals surface area contributed by atoms with Gasteiger partial charge in [-0.2, -0.15) is 4.31 Å². The number of hydrogen-bond acceptors (Lipinski definition) is 4. The molecule has 1 N–H and O–H groups in total. The highest BCUT2D eigenvalue weighted by Crippen LogP contribution is 2.40. The van der Waals surface area contributed by atoms with Crippen LogP contribution < -0.4 is 10.1 Å².